The molecule has 106 valence electrons. The molecule has 1 aromatic carbocycles. The van der Waals surface area contributed by atoms with Crippen molar-refractivity contribution >= 4 is 22.3 Å². The van der Waals surface area contributed by atoms with E-state index < -0.39 is 0 Å². The second kappa shape index (κ2) is 5.07. The van der Waals surface area contributed by atoms with Gasteiger partial charge in [-0.3, -0.25) is 0 Å². The summed E-state index contributed by atoms with van der Waals surface area (Å²) in [5.74, 6) is 2.30. The molecule has 0 radical (unpaired) electrons. The van der Waals surface area contributed by atoms with E-state index in [1.165, 1.54) is 12.8 Å². The zero-order valence-corrected chi connectivity index (χ0v) is 11.8. The van der Waals surface area contributed by atoms with Crippen LogP contribution in [0.15, 0.2) is 18.3 Å². The Hall–Kier alpha value is -2.17. The van der Waals surface area contributed by atoms with Crippen LogP contribution in [0.3, 0.4) is 0 Å². The van der Waals surface area contributed by atoms with Crippen LogP contribution in [0.1, 0.15) is 12.8 Å². The first-order valence-corrected chi connectivity index (χ1v) is 6.80. The highest BCUT2D eigenvalue weighted by Gasteiger charge is 2.20. The molecule has 0 spiro atoms. The Balaban J connectivity index is 2.28. The summed E-state index contributed by atoms with van der Waals surface area (Å²) in [6.45, 7) is 2.06. The molecule has 3 rings (SSSR count). The molecular formula is C15H19N3O2. The van der Waals surface area contributed by atoms with Crippen molar-refractivity contribution in [3.63, 3.8) is 0 Å². The average Bonchev–Trinajstić information content (AvgIpc) is 3.00. The Kier molecular flexibility index (Phi) is 3.26. The van der Waals surface area contributed by atoms with Crippen molar-refractivity contribution in [2.75, 3.05) is 37.9 Å². The molecule has 2 aromatic rings. The maximum Gasteiger partial charge on any atom is 0.168 e. The van der Waals surface area contributed by atoms with E-state index in [4.69, 9.17) is 15.2 Å². The second-order valence-electron chi connectivity index (χ2n) is 4.95. The molecule has 0 aliphatic carbocycles. The van der Waals surface area contributed by atoms with Gasteiger partial charge in [-0.15, -0.1) is 0 Å². The summed E-state index contributed by atoms with van der Waals surface area (Å²) in [4.78, 5) is 6.81. The van der Waals surface area contributed by atoms with Gasteiger partial charge < -0.3 is 20.1 Å². The molecular weight excluding hydrogens is 254 g/mol. The molecule has 20 heavy (non-hydrogen) atoms. The number of fused-ring (bicyclic) bond motifs is 1. The lowest BCUT2D eigenvalue weighted by Crippen LogP contribution is -2.19. The number of nitrogens with two attached hydrogens (primary N) is 1. The van der Waals surface area contributed by atoms with E-state index in [0.717, 1.165) is 29.7 Å². The molecule has 0 unspecified atom stereocenters. The Bertz CT molecular complexity index is 637. The lowest BCUT2D eigenvalue weighted by molar-refractivity contribution is 0.359. The number of nitrogens with zero attached hydrogens (tertiary/aromatic N) is 2. The third kappa shape index (κ3) is 1.90. The van der Waals surface area contributed by atoms with Crippen LogP contribution in [0.5, 0.6) is 11.5 Å². The number of pyridine rings is 1. The summed E-state index contributed by atoms with van der Waals surface area (Å²) in [7, 11) is 3.26. The number of ether oxygens (including phenoxy) is 2. The van der Waals surface area contributed by atoms with Crippen molar-refractivity contribution in [2.24, 2.45) is 0 Å². The zero-order valence-electron chi connectivity index (χ0n) is 11.8. The largest absolute Gasteiger partial charge is 0.493 e. The Morgan fingerprint density at radius 3 is 2.60 bits per heavy atom. The number of rotatable bonds is 3. The first kappa shape index (κ1) is 12.8. The molecule has 1 aromatic heterocycles. The van der Waals surface area contributed by atoms with Gasteiger partial charge in [-0.1, -0.05) is 0 Å². The minimum absolute atomic E-state index is 0.649. The number of hydrogen-bond acceptors (Lipinski definition) is 5. The smallest absolute Gasteiger partial charge is 0.168 e. The number of nitrogen functional groups attached to an aromatic ring is 1. The average molecular weight is 273 g/mol. The zero-order chi connectivity index (χ0) is 14.1. The first-order chi connectivity index (χ1) is 9.76. The molecule has 1 fully saturated rings. The SMILES string of the molecule is COc1cc(N)c2c(N3CCCC3)nccc2c1OC. The predicted octanol–water partition coefficient (Wildman–Crippen LogP) is 2.43. The van der Waals surface area contributed by atoms with E-state index in [1.54, 1.807) is 20.4 Å². The van der Waals surface area contributed by atoms with E-state index in [9.17, 15) is 0 Å². The summed E-state index contributed by atoms with van der Waals surface area (Å²) in [5, 5.41) is 1.90. The Morgan fingerprint density at radius 1 is 1.20 bits per heavy atom. The highest BCUT2D eigenvalue weighted by atomic mass is 16.5. The normalized spacial score (nSPS) is 14.8. The molecule has 1 aliphatic heterocycles. The van der Waals surface area contributed by atoms with Crippen molar-refractivity contribution in [2.45, 2.75) is 12.8 Å². The van der Waals surface area contributed by atoms with Gasteiger partial charge in [0.15, 0.2) is 11.5 Å². The highest BCUT2D eigenvalue weighted by Crippen LogP contribution is 2.42. The van der Waals surface area contributed by atoms with Crippen LogP contribution in [0.25, 0.3) is 10.8 Å². The molecule has 0 saturated carbocycles. The monoisotopic (exact) mass is 273 g/mol. The van der Waals surface area contributed by atoms with Gasteiger partial charge >= 0.3 is 0 Å². The maximum absolute atomic E-state index is 6.22. The predicted molar refractivity (Wildman–Crippen MR) is 80.7 cm³/mol. The van der Waals surface area contributed by atoms with Crippen LogP contribution in [0.4, 0.5) is 11.5 Å². The van der Waals surface area contributed by atoms with Crippen molar-refractivity contribution in [3.8, 4) is 11.5 Å². The van der Waals surface area contributed by atoms with Gasteiger partial charge in [0.2, 0.25) is 0 Å². The molecule has 0 bridgehead atoms. The first-order valence-electron chi connectivity index (χ1n) is 6.80. The number of hydrogen-bond donors (Lipinski definition) is 1. The summed E-state index contributed by atoms with van der Waals surface area (Å²) < 4.78 is 10.8. The fourth-order valence-electron chi connectivity index (χ4n) is 2.87. The Labute approximate surface area is 118 Å². The third-order valence-electron chi connectivity index (χ3n) is 3.80. The van der Waals surface area contributed by atoms with Crippen molar-refractivity contribution in [3.05, 3.63) is 18.3 Å². The minimum atomic E-state index is 0.649. The molecule has 5 nitrogen and oxygen atoms in total. The summed E-state index contributed by atoms with van der Waals surface area (Å²) >= 11 is 0. The number of aromatic nitrogens is 1. The van der Waals surface area contributed by atoms with Gasteiger partial charge in [0.25, 0.3) is 0 Å². The highest BCUT2D eigenvalue weighted by molar-refractivity contribution is 6.05. The minimum Gasteiger partial charge on any atom is -0.493 e. The fraction of sp³-hybridized carbons (Fsp3) is 0.400. The standard InChI is InChI=1S/C15H19N3O2/c1-19-12-9-11(16)13-10(14(12)20-2)5-6-17-15(13)18-7-3-4-8-18/h5-6,9H,3-4,7-8,16H2,1-2H3. The van der Waals surface area contributed by atoms with Gasteiger partial charge in [0, 0.05) is 36.4 Å². The third-order valence-corrected chi connectivity index (χ3v) is 3.80. The van der Waals surface area contributed by atoms with Gasteiger partial charge in [0.05, 0.1) is 19.6 Å². The molecule has 1 saturated heterocycles. The van der Waals surface area contributed by atoms with E-state index in [0.29, 0.717) is 17.2 Å². The molecule has 2 N–H and O–H groups in total. The van der Waals surface area contributed by atoms with Gasteiger partial charge in [-0.25, -0.2) is 4.98 Å². The van der Waals surface area contributed by atoms with E-state index >= 15 is 0 Å². The van der Waals surface area contributed by atoms with E-state index in [-0.39, 0.29) is 0 Å². The van der Waals surface area contributed by atoms with E-state index in [2.05, 4.69) is 9.88 Å². The Morgan fingerprint density at radius 2 is 1.95 bits per heavy atom. The summed E-state index contributed by atoms with van der Waals surface area (Å²) in [6, 6.07) is 3.73. The molecule has 2 heterocycles. The number of methoxy groups -OCH3 is 2. The summed E-state index contributed by atoms with van der Waals surface area (Å²) in [5.41, 5.74) is 6.90. The topological polar surface area (TPSA) is 60.6 Å². The lowest BCUT2D eigenvalue weighted by atomic mass is 10.1. The van der Waals surface area contributed by atoms with Crippen LogP contribution in [-0.2, 0) is 0 Å². The van der Waals surface area contributed by atoms with Crippen LogP contribution in [-0.4, -0.2) is 32.3 Å². The van der Waals surface area contributed by atoms with Gasteiger partial charge in [-0.2, -0.15) is 0 Å². The maximum atomic E-state index is 6.22. The van der Waals surface area contributed by atoms with Crippen LogP contribution >= 0.6 is 0 Å². The van der Waals surface area contributed by atoms with Gasteiger partial charge in [-0.05, 0) is 18.9 Å². The van der Waals surface area contributed by atoms with Crippen LogP contribution in [0, 0.1) is 0 Å². The second-order valence-corrected chi connectivity index (χ2v) is 4.95. The van der Waals surface area contributed by atoms with Crippen LogP contribution in [0.2, 0.25) is 0 Å². The van der Waals surface area contributed by atoms with Gasteiger partial charge in [0.1, 0.15) is 5.82 Å². The molecule has 0 atom stereocenters. The quantitative estimate of drug-likeness (QED) is 0.870. The van der Waals surface area contributed by atoms with E-state index in [1.807, 2.05) is 12.1 Å². The number of benzene rings is 1. The van der Waals surface area contributed by atoms with Crippen molar-refractivity contribution in [1.29, 1.82) is 0 Å². The summed E-state index contributed by atoms with van der Waals surface area (Å²) in [6.07, 6.45) is 4.20. The molecule has 1 aliphatic rings. The number of anilines is 2. The fourth-order valence-corrected chi connectivity index (χ4v) is 2.87. The molecule has 5 heteroatoms. The lowest BCUT2D eigenvalue weighted by Gasteiger charge is -2.21. The van der Waals surface area contributed by atoms with Crippen LogP contribution < -0.4 is 20.1 Å². The molecule has 0 amide bonds. The van der Waals surface area contributed by atoms with Crippen molar-refractivity contribution in [1.82, 2.24) is 4.98 Å². The van der Waals surface area contributed by atoms with Crippen molar-refractivity contribution < 1.29 is 9.47 Å².